The summed E-state index contributed by atoms with van der Waals surface area (Å²) in [4.78, 5) is 11.7. The van der Waals surface area contributed by atoms with Crippen LogP contribution in [0.2, 0.25) is 0 Å². The second-order valence-electron chi connectivity index (χ2n) is 4.57. The van der Waals surface area contributed by atoms with Crippen LogP contribution >= 0.6 is 0 Å². The molecule has 1 aliphatic rings. The predicted molar refractivity (Wildman–Crippen MR) is 59.8 cm³/mol. The predicted octanol–water partition coefficient (Wildman–Crippen LogP) is 2.75. The highest BCUT2D eigenvalue weighted by Crippen LogP contribution is 2.35. The molecule has 0 heterocycles. The third kappa shape index (κ3) is 1.37. The maximum atomic E-state index is 11.7. The maximum absolute atomic E-state index is 11.7. The first-order valence-corrected chi connectivity index (χ1v) is 4.99. The van der Waals surface area contributed by atoms with E-state index in [4.69, 9.17) is 0 Å². The molecule has 2 rings (SSSR count). The number of hydrogen-bond acceptors (Lipinski definition) is 2. The summed E-state index contributed by atoms with van der Waals surface area (Å²) in [7, 11) is 0. The molecule has 0 spiro atoms. The molecule has 1 N–H and O–H groups in total. The molecule has 2 nitrogen and oxygen atoms in total. The fourth-order valence-corrected chi connectivity index (χ4v) is 1.93. The molecule has 0 atom stereocenters. The molecule has 0 radical (unpaired) electrons. The van der Waals surface area contributed by atoms with E-state index in [1.807, 2.05) is 39.0 Å². The van der Waals surface area contributed by atoms with E-state index in [0.29, 0.717) is 0 Å². The molecule has 0 aromatic heterocycles. The maximum Gasteiger partial charge on any atom is 0.169 e. The van der Waals surface area contributed by atoms with E-state index in [-0.39, 0.29) is 11.5 Å². The van der Waals surface area contributed by atoms with Crippen molar-refractivity contribution in [1.29, 1.82) is 0 Å². The lowest BCUT2D eigenvalue weighted by Gasteiger charge is -2.28. The highest BCUT2D eigenvalue weighted by Gasteiger charge is 2.35. The average Bonchev–Trinajstić information content (AvgIpc) is 2.15. The Kier molecular flexibility index (Phi) is 1.97. The summed E-state index contributed by atoms with van der Waals surface area (Å²) >= 11 is 0. The van der Waals surface area contributed by atoms with Crippen LogP contribution < -0.4 is 0 Å². The highest BCUT2D eigenvalue weighted by molar-refractivity contribution is 6.06. The second kappa shape index (κ2) is 2.96. The van der Waals surface area contributed by atoms with Gasteiger partial charge in [0.15, 0.2) is 5.78 Å². The van der Waals surface area contributed by atoms with Gasteiger partial charge in [-0.25, -0.2) is 0 Å². The Labute approximate surface area is 89.2 Å². The quantitative estimate of drug-likeness (QED) is 0.702. The van der Waals surface area contributed by atoms with Gasteiger partial charge in [-0.1, -0.05) is 17.7 Å². The topological polar surface area (TPSA) is 37.3 Å². The van der Waals surface area contributed by atoms with Crippen molar-refractivity contribution in [3.63, 3.8) is 0 Å². The van der Waals surface area contributed by atoms with Crippen molar-refractivity contribution in [2.24, 2.45) is 0 Å². The fraction of sp³-hybridized carbons (Fsp3) is 0.308. The van der Waals surface area contributed by atoms with E-state index < -0.39 is 5.41 Å². The number of benzene rings is 1. The molecule has 15 heavy (non-hydrogen) atoms. The van der Waals surface area contributed by atoms with Crippen molar-refractivity contribution in [2.45, 2.75) is 26.2 Å². The van der Waals surface area contributed by atoms with Gasteiger partial charge >= 0.3 is 0 Å². The van der Waals surface area contributed by atoms with Crippen LogP contribution in [0.15, 0.2) is 24.3 Å². The third-order valence-corrected chi connectivity index (χ3v) is 3.01. The first-order valence-electron chi connectivity index (χ1n) is 4.99. The summed E-state index contributed by atoms with van der Waals surface area (Å²) in [6.07, 6.45) is 1.32. The van der Waals surface area contributed by atoms with E-state index in [9.17, 15) is 9.90 Å². The third-order valence-electron chi connectivity index (χ3n) is 3.01. The normalized spacial score (nSPS) is 18.3. The molecule has 0 saturated heterocycles. The Morgan fingerprint density at radius 3 is 2.60 bits per heavy atom. The number of allylic oxidation sites excluding steroid dienone is 1. The molecular formula is C13H14O2. The van der Waals surface area contributed by atoms with Crippen LogP contribution in [0.1, 0.15) is 30.5 Å². The zero-order valence-electron chi connectivity index (χ0n) is 9.16. The molecule has 1 aliphatic carbocycles. The minimum absolute atomic E-state index is 0.0450. The summed E-state index contributed by atoms with van der Waals surface area (Å²) in [5.41, 5.74) is 2.23. The van der Waals surface area contributed by atoms with Crippen LogP contribution in [0.25, 0.3) is 5.76 Å². The van der Waals surface area contributed by atoms with Crippen molar-refractivity contribution in [3.05, 3.63) is 41.0 Å². The van der Waals surface area contributed by atoms with Gasteiger partial charge in [0.1, 0.15) is 5.76 Å². The van der Waals surface area contributed by atoms with Crippen LogP contribution in [-0.2, 0) is 10.2 Å². The van der Waals surface area contributed by atoms with Gasteiger partial charge in [-0.2, -0.15) is 0 Å². The molecule has 0 saturated carbocycles. The largest absolute Gasteiger partial charge is 0.507 e. The Balaban J connectivity index is 2.74. The molecule has 78 valence electrons. The minimum Gasteiger partial charge on any atom is -0.507 e. The number of hydrogen-bond donors (Lipinski definition) is 1. The molecule has 0 bridgehead atoms. The molecule has 0 amide bonds. The number of aliphatic hydroxyl groups excluding tert-OH is 1. The van der Waals surface area contributed by atoms with Gasteiger partial charge in [-0.15, -0.1) is 0 Å². The number of fused-ring (bicyclic) bond motifs is 1. The molecule has 0 aliphatic heterocycles. The Bertz CT molecular complexity index is 467. The molecular weight excluding hydrogens is 188 g/mol. The molecule has 2 heteroatoms. The first-order chi connectivity index (χ1) is 6.93. The van der Waals surface area contributed by atoms with Gasteiger partial charge in [0.05, 0.1) is 5.41 Å². The van der Waals surface area contributed by atoms with Crippen molar-refractivity contribution in [1.82, 2.24) is 0 Å². The van der Waals surface area contributed by atoms with Crippen LogP contribution in [0.4, 0.5) is 0 Å². The van der Waals surface area contributed by atoms with Crippen LogP contribution in [-0.4, -0.2) is 10.9 Å². The van der Waals surface area contributed by atoms with E-state index in [0.717, 1.165) is 16.7 Å². The number of carbonyl (C=O) groups is 1. The number of ketones is 1. The van der Waals surface area contributed by atoms with Crippen LogP contribution in [0, 0.1) is 6.92 Å². The Hall–Kier alpha value is -1.57. The van der Waals surface area contributed by atoms with E-state index >= 15 is 0 Å². The summed E-state index contributed by atoms with van der Waals surface area (Å²) in [6, 6.07) is 5.80. The molecule has 1 aromatic carbocycles. The SMILES string of the molecule is Cc1ccc2c(c1)C(O)=CC(=O)C2(C)C. The van der Waals surface area contributed by atoms with E-state index in [1.165, 1.54) is 6.08 Å². The number of aliphatic hydroxyl groups is 1. The smallest absolute Gasteiger partial charge is 0.169 e. The molecule has 0 unspecified atom stereocenters. The van der Waals surface area contributed by atoms with Crippen molar-refractivity contribution >= 4 is 11.5 Å². The van der Waals surface area contributed by atoms with Gasteiger partial charge in [0.2, 0.25) is 0 Å². The summed E-state index contributed by atoms with van der Waals surface area (Å²) in [6.45, 7) is 5.73. The second-order valence-corrected chi connectivity index (χ2v) is 4.57. The van der Waals surface area contributed by atoms with Crippen molar-refractivity contribution in [3.8, 4) is 0 Å². The fourth-order valence-electron chi connectivity index (χ4n) is 1.93. The molecule has 1 aromatic rings. The highest BCUT2D eigenvalue weighted by atomic mass is 16.3. The van der Waals surface area contributed by atoms with Crippen LogP contribution in [0.3, 0.4) is 0 Å². The summed E-state index contributed by atoms with van der Waals surface area (Å²) in [5, 5.41) is 9.73. The number of carbonyl (C=O) groups excluding carboxylic acids is 1. The first kappa shape index (κ1) is 9.97. The minimum atomic E-state index is -0.532. The van der Waals surface area contributed by atoms with E-state index in [2.05, 4.69) is 0 Å². The summed E-state index contributed by atoms with van der Waals surface area (Å²) in [5.74, 6) is 0.0365. The van der Waals surface area contributed by atoms with Crippen molar-refractivity contribution < 1.29 is 9.90 Å². The summed E-state index contributed by atoms with van der Waals surface area (Å²) < 4.78 is 0. The van der Waals surface area contributed by atoms with E-state index in [1.54, 1.807) is 0 Å². The zero-order chi connectivity index (χ0) is 11.2. The lowest BCUT2D eigenvalue weighted by molar-refractivity contribution is -0.119. The average molecular weight is 202 g/mol. The number of aryl methyl sites for hydroxylation is 1. The van der Waals surface area contributed by atoms with Gasteiger partial charge in [-0.05, 0) is 32.4 Å². The Morgan fingerprint density at radius 2 is 1.93 bits per heavy atom. The standard InChI is InChI=1S/C13H14O2/c1-8-4-5-10-9(6-8)11(14)7-12(15)13(10,2)3/h4-7,14H,1-3H3. The monoisotopic (exact) mass is 202 g/mol. The number of rotatable bonds is 0. The van der Waals surface area contributed by atoms with Gasteiger partial charge in [0.25, 0.3) is 0 Å². The van der Waals surface area contributed by atoms with Gasteiger partial charge in [0, 0.05) is 11.6 Å². The molecule has 0 fully saturated rings. The van der Waals surface area contributed by atoms with Crippen LogP contribution in [0.5, 0.6) is 0 Å². The zero-order valence-corrected chi connectivity index (χ0v) is 9.16. The lowest BCUT2D eigenvalue weighted by Crippen LogP contribution is -2.31. The van der Waals surface area contributed by atoms with Gasteiger partial charge in [-0.3, -0.25) is 4.79 Å². The van der Waals surface area contributed by atoms with Gasteiger partial charge < -0.3 is 5.11 Å². The Morgan fingerprint density at radius 1 is 1.27 bits per heavy atom. The van der Waals surface area contributed by atoms with Crippen molar-refractivity contribution in [2.75, 3.05) is 0 Å². The lowest BCUT2D eigenvalue weighted by atomic mass is 9.74.